The Morgan fingerprint density at radius 2 is 1.40 bits per heavy atom. The molecule has 40 heavy (non-hydrogen) atoms. The number of nitrogens with zero attached hydrogens (tertiary/aromatic N) is 4. The van der Waals surface area contributed by atoms with Crippen molar-refractivity contribution in [2.75, 3.05) is 0 Å². The summed E-state index contributed by atoms with van der Waals surface area (Å²) in [6, 6.07) is 43.1. The van der Waals surface area contributed by atoms with Crippen molar-refractivity contribution in [3.63, 3.8) is 0 Å². The molecule has 6 aromatic rings. The zero-order valence-corrected chi connectivity index (χ0v) is 22.6. The van der Waals surface area contributed by atoms with Crippen LogP contribution in [0.2, 0.25) is 0 Å². The lowest BCUT2D eigenvalue weighted by Crippen LogP contribution is -2.25. The Kier molecular flexibility index (Phi) is 4.96. The number of aromatic nitrogens is 1. The number of rotatable bonds is 4. The predicted molar refractivity (Wildman–Crippen MR) is 164 cm³/mol. The van der Waals surface area contributed by atoms with Gasteiger partial charge in [-0.1, -0.05) is 129 Å². The van der Waals surface area contributed by atoms with Crippen molar-refractivity contribution < 1.29 is 0 Å². The van der Waals surface area contributed by atoms with Crippen LogP contribution in [0.15, 0.2) is 126 Å². The van der Waals surface area contributed by atoms with Crippen LogP contribution in [0.5, 0.6) is 0 Å². The number of hydrogen-bond acceptors (Lipinski definition) is 2. The summed E-state index contributed by atoms with van der Waals surface area (Å²) in [7, 11) is 0. The van der Waals surface area contributed by atoms with E-state index in [0.29, 0.717) is 6.54 Å². The molecule has 2 aliphatic rings. The van der Waals surface area contributed by atoms with E-state index < -0.39 is 0 Å². The zero-order valence-electron chi connectivity index (χ0n) is 22.6. The molecule has 4 nitrogen and oxygen atoms in total. The first-order valence-corrected chi connectivity index (χ1v) is 13.9. The van der Waals surface area contributed by atoms with Gasteiger partial charge in [0.2, 0.25) is 0 Å². The maximum Gasteiger partial charge on any atom is 0.115 e. The maximum absolute atomic E-state index is 5.34. The van der Waals surface area contributed by atoms with Gasteiger partial charge in [-0.15, -0.1) is 0 Å². The van der Waals surface area contributed by atoms with E-state index in [9.17, 15) is 0 Å². The molecule has 0 bridgehead atoms. The van der Waals surface area contributed by atoms with Gasteiger partial charge in [-0.25, -0.2) is 0 Å². The van der Waals surface area contributed by atoms with E-state index in [2.05, 4.69) is 139 Å². The fraction of sp³-hybridized carbons (Fsp3) is 0.139. The van der Waals surface area contributed by atoms with Crippen molar-refractivity contribution in [2.45, 2.75) is 32.1 Å². The molecule has 1 aromatic heterocycles. The van der Waals surface area contributed by atoms with Gasteiger partial charge in [-0.05, 0) is 45.3 Å². The lowest BCUT2D eigenvalue weighted by molar-refractivity contribution is 0.194. The monoisotopic (exact) mass is 517 g/mol. The van der Waals surface area contributed by atoms with E-state index in [1.165, 1.54) is 49.6 Å². The Hall–Kier alpha value is -4.83. The van der Waals surface area contributed by atoms with Crippen LogP contribution in [0.3, 0.4) is 0 Å². The van der Waals surface area contributed by atoms with E-state index in [0.717, 1.165) is 11.4 Å². The number of benzene rings is 5. The molecule has 2 heterocycles. The summed E-state index contributed by atoms with van der Waals surface area (Å²) in [5.74, 6) is 0.766. The van der Waals surface area contributed by atoms with Crippen LogP contribution in [0.4, 0.5) is 0 Å². The summed E-state index contributed by atoms with van der Waals surface area (Å²) in [6.07, 6.45) is -0.316. The van der Waals surface area contributed by atoms with Crippen LogP contribution < -0.4 is 0 Å². The number of hydrogen-bond donors (Lipinski definition) is 0. The molecule has 0 spiro atoms. The third-order valence-corrected chi connectivity index (χ3v) is 8.57. The standard InChI is InChI=1S/C36H29N4/c1-36(2)30-19-11-9-17-26(30)28-21-22-29-27-18-10-12-20-31(27)40(33(29)32(28)36)35-37-34(25-15-7-4-8-16-25)38-39(35)23-24-13-5-3-6-14-24/h3-22,35H,23H2,1-2H3/q-1. The fourth-order valence-electron chi connectivity index (χ4n) is 6.76. The maximum atomic E-state index is 5.34. The highest BCUT2D eigenvalue weighted by molar-refractivity contribution is 6.13. The van der Waals surface area contributed by atoms with Crippen LogP contribution in [0.1, 0.15) is 42.4 Å². The first-order chi connectivity index (χ1) is 19.6. The quantitative estimate of drug-likeness (QED) is 0.230. The molecule has 1 unspecified atom stereocenters. The topological polar surface area (TPSA) is 34.6 Å². The van der Waals surface area contributed by atoms with Crippen LogP contribution in [-0.2, 0) is 12.0 Å². The predicted octanol–water partition coefficient (Wildman–Crippen LogP) is 8.81. The smallest absolute Gasteiger partial charge is 0.115 e. The Balaban J connectivity index is 1.39. The second-order valence-electron chi connectivity index (χ2n) is 11.3. The Morgan fingerprint density at radius 3 is 2.23 bits per heavy atom. The SMILES string of the molecule is CC1(C)c2ccccc2-c2ccc3c4ccccc4n(C4[N-]C(c5ccccc5)=NN4Cc4ccccc4)c3c21. The molecule has 194 valence electrons. The van der Waals surface area contributed by atoms with Crippen LogP contribution >= 0.6 is 0 Å². The van der Waals surface area contributed by atoms with Gasteiger partial charge in [0.1, 0.15) is 6.29 Å². The molecule has 4 heteroatoms. The molecular formula is C36H29N4-. The number of amidine groups is 1. The van der Waals surface area contributed by atoms with Gasteiger partial charge >= 0.3 is 0 Å². The van der Waals surface area contributed by atoms with Crippen molar-refractivity contribution in [2.24, 2.45) is 5.10 Å². The first kappa shape index (κ1) is 23.1. The zero-order chi connectivity index (χ0) is 26.8. The molecule has 0 amide bonds. The van der Waals surface area contributed by atoms with Crippen molar-refractivity contribution in [3.8, 4) is 11.1 Å². The highest BCUT2D eigenvalue weighted by Crippen LogP contribution is 2.53. The Labute approximate surface area is 234 Å². The Bertz CT molecular complexity index is 1930. The summed E-state index contributed by atoms with van der Waals surface area (Å²) < 4.78 is 2.44. The second kappa shape index (κ2) is 8.59. The van der Waals surface area contributed by atoms with Crippen LogP contribution in [-0.4, -0.2) is 15.4 Å². The van der Waals surface area contributed by atoms with E-state index in [4.69, 9.17) is 10.4 Å². The van der Waals surface area contributed by atoms with Crippen LogP contribution in [0, 0.1) is 0 Å². The molecular weight excluding hydrogens is 488 g/mol. The minimum absolute atomic E-state index is 0.149. The third-order valence-electron chi connectivity index (χ3n) is 8.57. The summed E-state index contributed by atoms with van der Waals surface area (Å²) >= 11 is 0. The molecule has 1 aliphatic carbocycles. The molecule has 1 atom stereocenters. The minimum Gasteiger partial charge on any atom is -0.425 e. The molecule has 8 rings (SSSR count). The highest BCUT2D eigenvalue weighted by Gasteiger charge is 2.39. The fourth-order valence-corrected chi connectivity index (χ4v) is 6.76. The lowest BCUT2D eigenvalue weighted by atomic mass is 9.81. The summed E-state index contributed by atoms with van der Waals surface area (Å²) in [5, 5.41) is 15.1. The molecule has 1 aliphatic heterocycles. The van der Waals surface area contributed by atoms with Crippen LogP contribution in [0.25, 0.3) is 38.2 Å². The van der Waals surface area contributed by atoms with Crippen molar-refractivity contribution in [1.29, 1.82) is 0 Å². The summed E-state index contributed by atoms with van der Waals surface area (Å²) in [6.45, 7) is 5.38. The Morgan fingerprint density at radius 1 is 0.700 bits per heavy atom. The molecule has 5 aromatic carbocycles. The third kappa shape index (κ3) is 3.29. The van der Waals surface area contributed by atoms with Gasteiger partial charge in [-0.2, -0.15) is 0 Å². The van der Waals surface area contributed by atoms with E-state index in [-0.39, 0.29) is 11.7 Å². The number of para-hydroxylation sites is 1. The van der Waals surface area contributed by atoms with E-state index in [1.54, 1.807) is 0 Å². The number of fused-ring (bicyclic) bond motifs is 7. The molecule has 0 fully saturated rings. The van der Waals surface area contributed by atoms with Gasteiger partial charge in [0, 0.05) is 22.7 Å². The molecule has 0 saturated heterocycles. The summed E-state index contributed by atoms with van der Waals surface area (Å²) in [4.78, 5) is 0. The van der Waals surface area contributed by atoms with Gasteiger partial charge in [-0.3, -0.25) is 0 Å². The largest absolute Gasteiger partial charge is 0.425 e. The first-order valence-electron chi connectivity index (χ1n) is 13.9. The average molecular weight is 518 g/mol. The second-order valence-corrected chi connectivity index (χ2v) is 11.3. The molecule has 0 N–H and O–H groups in total. The van der Waals surface area contributed by atoms with Gasteiger partial charge < -0.3 is 20.0 Å². The van der Waals surface area contributed by atoms with Crippen molar-refractivity contribution >= 4 is 27.6 Å². The summed E-state index contributed by atoms with van der Waals surface area (Å²) in [5.41, 5.74) is 9.89. The highest BCUT2D eigenvalue weighted by atomic mass is 15.6. The van der Waals surface area contributed by atoms with Crippen molar-refractivity contribution in [1.82, 2.24) is 9.58 Å². The average Bonchev–Trinajstić information content (AvgIpc) is 3.62. The van der Waals surface area contributed by atoms with Crippen molar-refractivity contribution in [3.05, 3.63) is 149 Å². The lowest BCUT2D eigenvalue weighted by Gasteiger charge is -2.35. The van der Waals surface area contributed by atoms with Gasteiger partial charge in [0.05, 0.1) is 11.0 Å². The van der Waals surface area contributed by atoms with Gasteiger partial charge in [0.15, 0.2) is 0 Å². The van der Waals surface area contributed by atoms with E-state index in [1.807, 2.05) is 6.07 Å². The minimum atomic E-state index is -0.316. The number of hydrazone groups is 1. The molecule has 0 saturated carbocycles. The normalized spacial score (nSPS) is 17.1. The van der Waals surface area contributed by atoms with E-state index >= 15 is 0 Å². The van der Waals surface area contributed by atoms with Gasteiger partial charge in [0.25, 0.3) is 0 Å². The molecule has 0 radical (unpaired) electrons.